The van der Waals surface area contributed by atoms with Crippen molar-refractivity contribution in [2.75, 3.05) is 6.54 Å². The van der Waals surface area contributed by atoms with Crippen molar-refractivity contribution in [2.24, 2.45) is 17.2 Å². The molecule has 0 aliphatic heterocycles. The molecule has 0 aliphatic rings. The molecular formula is C23H46N4O6. The summed E-state index contributed by atoms with van der Waals surface area (Å²) in [6.07, 6.45) is 13.0. The van der Waals surface area contributed by atoms with Gasteiger partial charge in [-0.25, -0.2) is 4.79 Å². The van der Waals surface area contributed by atoms with Gasteiger partial charge in [0.15, 0.2) is 0 Å². The molecule has 9 N–H and O–H groups in total. The summed E-state index contributed by atoms with van der Waals surface area (Å²) in [6.45, 7) is 2.81. The molecule has 0 saturated carbocycles. The van der Waals surface area contributed by atoms with Crippen LogP contribution in [0.3, 0.4) is 0 Å². The number of rotatable bonds is 20. The number of aliphatic carboxylic acids is 2. The Kier molecular flexibility index (Phi) is 23.0. The lowest BCUT2D eigenvalue weighted by Crippen LogP contribution is -2.41. The zero-order chi connectivity index (χ0) is 25.5. The van der Waals surface area contributed by atoms with Gasteiger partial charge in [-0.1, -0.05) is 64.7 Å². The van der Waals surface area contributed by atoms with E-state index in [1.54, 1.807) is 0 Å². The predicted molar refractivity (Wildman–Crippen MR) is 128 cm³/mol. The maximum absolute atomic E-state index is 11.7. The lowest BCUT2D eigenvalue weighted by atomic mass is 10.1. The summed E-state index contributed by atoms with van der Waals surface area (Å²) in [4.78, 5) is 43.5. The molecule has 0 aromatic carbocycles. The SMILES string of the molecule is CCCCCCCCCCCC(=O)NC(CCC(N)=O)C(=O)O.NCCCCC(N)C(=O)O. The van der Waals surface area contributed by atoms with Crippen molar-refractivity contribution in [3.63, 3.8) is 0 Å². The van der Waals surface area contributed by atoms with Gasteiger partial charge in [0.25, 0.3) is 0 Å². The van der Waals surface area contributed by atoms with Crippen LogP contribution in [0, 0.1) is 0 Å². The predicted octanol–water partition coefficient (Wildman–Crippen LogP) is 2.27. The Bertz CT molecular complexity index is 545. The van der Waals surface area contributed by atoms with Crippen molar-refractivity contribution >= 4 is 23.8 Å². The molecule has 2 unspecified atom stereocenters. The van der Waals surface area contributed by atoms with Crippen LogP contribution in [0.4, 0.5) is 0 Å². The normalized spacial score (nSPS) is 12.2. The van der Waals surface area contributed by atoms with Crippen LogP contribution in [0.15, 0.2) is 0 Å². The summed E-state index contributed by atoms with van der Waals surface area (Å²) in [5, 5.41) is 19.8. The Morgan fingerprint density at radius 1 is 0.758 bits per heavy atom. The molecule has 0 bridgehead atoms. The fraction of sp³-hybridized carbons (Fsp3) is 0.826. The minimum Gasteiger partial charge on any atom is -0.480 e. The summed E-state index contributed by atoms with van der Waals surface area (Å²) < 4.78 is 0. The Hall–Kier alpha value is -2.20. The number of carboxylic acids is 2. The molecule has 194 valence electrons. The molecule has 0 fully saturated rings. The standard InChI is InChI=1S/C17H32N2O4.C6H14N2O2/c1-2-3-4-5-6-7-8-9-10-11-16(21)19-14(17(22)23)12-13-15(18)20;7-4-2-1-3-5(8)6(9)10/h14H,2-13H2,1H3,(H2,18,20)(H,19,21)(H,22,23);5H,1-4,7-8H2,(H,9,10). The molecule has 10 nitrogen and oxygen atoms in total. The fourth-order valence-electron chi connectivity index (χ4n) is 3.04. The second-order valence-corrected chi connectivity index (χ2v) is 8.27. The lowest BCUT2D eigenvalue weighted by Gasteiger charge is -2.13. The summed E-state index contributed by atoms with van der Waals surface area (Å²) in [6, 6.07) is -1.75. The van der Waals surface area contributed by atoms with Gasteiger partial charge in [0.2, 0.25) is 11.8 Å². The van der Waals surface area contributed by atoms with Crippen molar-refractivity contribution in [3.8, 4) is 0 Å². The van der Waals surface area contributed by atoms with E-state index in [0.717, 1.165) is 32.1 Å². The minimum absolute atomic E-state index is 0.0359. The molecule has 0 saturated heterocycles. The van der Waals surface area contributed by atoms with Gasteiger partial charge in [-0.15, -0.1) is 0 Å². The van der Waals surface area contributed by atoms with E-state index in [4.69, 9.17) is 27.4 Å². The number of carbonyl (C=O) groups is 4. The van der Waals surface area contributed by atoms with Crippen LogP contribution in [0.1, 0.15) is 103 Å². The van der Waals surface area contributed by atoms with Gasteiger partial charge in [-0.3, -0.25) is 14.4 Å². The third-order valence-electron chi connectivity index (χ3n) is 5.11. The highest BCUT2D eigenvalue weighted by Crippen LogP contribution is 2.10. The van der Waals surface area contributed by atoms with E-state index in [1.165, 1.54) is 38.5 Å². The van der Waals surface area contributed by atoms with E-state index in [0.29, 0.717) is 19.4 Å². The molecule has 0 aromatic heterocycles. The number of primary amides is 1. The van der Waals surface area contributed by atoms with E-state index in [-0.39, 0.29) is 18.7 Å². The van der Waals surface area contributed by atoms with E-state index in [2.05, 4.69) is 12.2 Å². The minimum atomic E-state index is -1.13. The summed E-state index contributed by atoms with van der Waals surface area (Å²) in [5.41, 5.74) is 15.4. The molecule has 0 spiro atoms. The first-order valence-electron chi connectivity index (χ1n) is 12.1. The van der Waals surface area contributed by atoms with Crippen LogP contribution in [-0.4, -0.2) is 52.6 Å². The lowest BCUT2D eigenvalue weighted by molar-refractivity contribution is -0.142. The largest absolute Gasteiger partial charge is 0.480 e. The van der Waals surface area contributed by atoms with Gasteiger partial charge >= 0.3 is 11.9 Å². The monoisotopic (exact) mass is 474 g/mol. The first kappa shape index (κ1) is 33.0. The second kappa shape index (κ2) is 23.0. The number of carbonyl (C=O) groups excluding carboxylic acids is 2. The van der Waals surface area contributed by atoms with Gasteiger partial charge in [0.1, 0.15) is 12.1 Å². The number of nitrogens with two attached hydrogens (primary N) is 3. The summed E-state index contributed by atoms with van der Waals surface area (Å²) in [7, 11) is 0. The molecule has 33 heavy (non-hydrogen) atoms. The van der Waals surface area contributed by atoms with Gasteiger partial charge in [0, 0.05) is 12.8 Å². The molecule has 0 heterocycles. The molecule has 2 amide bonds. The Morgan fingerprint density at radius 2 is 1.30 bits per heavy atom. The number of nitrogens with one attached hydrogen (secondary N) is 1. The Labute approximate surface area is 198 Å². The van der Waals surface area contributed by atoms with E-state index in [9.17, 15) is 19.2 Å². The number of amides is 2. The van der Waals surface area contributed by atoms with Crippen molar-refractivity contribution in [2.45, 2.75) is 115 Å². The van der Waals surface area contributed by atoms with Gasteiger partial charge in [0.05, 0.1) is 0 Å². The molecule has 0 radical (unpaired) electrons. The topological polar surface area (TPSA) is 199 Å². The van der Waals surface area contributed by atoms with Crippen molar-refractivity contribution in [1.82, 2.24) is 5.32 Å². The average Bonchev–Trinajstić information content (AvgIpc) is 2.75. The highest BCUT2D eigenvalue weighted by Gasteiger charge is 2.20. The van der Waals surface area contributed by atoms with Crippen LogP contribution in [0.2, 0.25) is 0 Å². The first-order chi connectivity index (χ1) is 15.6. The third kappa shape index (κ3) is 24.3. The number of hydrogen-bond acceptors (Lipinski definition) is 6. The van der Waals surface area contributed by atoms with Crippen LogP contribution < -0.4 is 22.5 Å². The quantitative estimate of drug-likeness (QED) is 0.144. The van der Waals surface area contributed by atoms with E-state index >= 15 is 0 Å². The highest BCUT2D eigenvalue weighted by atomic mass is 16.4. The Balaban J connectivity index is 0. The smallest absolute Gasteiger partial charge is 0.326 e. The zero-order valence-electron chi connectivity index (χ0n) is 20.2. The van der Waals surface area contributed by atoms with Crippen molar-refractivity contribution < 1.29 is 29.4 Å². The van der Waals surface area contributed by atoms with Gasteiger partial charge in [-0.2, -0.15) is 0 Å². The van der Waals surface area contributed by atoms with E-state index < -0.39 is 29.9 Å². The van der Waals surface area contributed by atoms with Crippen LogP contribution in [0.5, 0.6) is 0 Å². The zero-order valence-corrected chi connectivity index (χ0v) is 20.2. The number of carboxylic acid groups (broad SMARTS) is 2. The Morgan fingerprint density at radius 3 is 1.76 bits per heavy atom. The first-order valence-corrected chi connectivity index (χ1v) is 12.1. The molecule has 2 atom stereocenters. The molecular weight excluding hydrogens is 428 g/mol. The third-order valence-corrected chi connectivity index (χ3v) is 5.11. The van der Waals surface area contributed by atoms with Crippen molar-refractivity contribution in [1.29, 1.82) is 0 Å². The maximum Gasteiger partial charge on any atom is 0.326 e. The maximum atomic E-state index is 11.7. The molecule has 0 rings (SSSR count). The van der Waals surface area contributed by atoms with E-state index in [1.807, 2.05) is 0 Å². The van der Waals surface area contributed by atoms with Crippen LogP contribution in [-0.2, 0) is 19.2 Å². The average molecular weight is 475 g/mol. The van der Waals surface area contributed by atoms with Gasteiger partial charge < -0.3 is 32.7 Å². The van der Waals surface area contributed by atoms with Gasteiger partial charge in [-0.05, 0) is 32.2 Å². The second-order valence-electron chi connectivity index (χ2n) is 8.27. The van der Waals surface area contributed by atoms with Crippen LogP contribution in [0.25, 0.3) is 0 Å². The van der Waals surface area contributed by atoms with Crippen molar-refractivity contribution in [3.05, 3.63) is 0 Å². The summed E-state index contributed by atoms with van der Waals surface area (Å²) in [5.74, 6) is -2.90. The fourth-order valence-corrected chi connectivity index (χ4v) is 3.04. The highest BCUT2D eigenvalue weighted by molar-refractivity contribution is 5.84. The molecule has 0 aliphatic carbocycles. The number of hydrogen-bond donors (Lipinski definition) is 6. The molecule has 10 heteroatoms. The summed E-state index contributed by atoms with van der Waals surface area (Å²) >= 11 is 0. The van der Waals surface area contributed by atoms with Crippen LogP contribution >= 0.6 is 0 Å². The number of unbranched alkanes of at least 4 members (excludes halogenated alkanes) is 9. The molecule has 0 aromatic rings.